The molecule has 0 aliphatic rings. The molecule has 33 heavy (non-hydrogen) atoms. The van der Waals surface area contributed by atoms with Gasteiger partial charge in [-0.15, -0.1) is 0 Å². The number of carbonyl (C=O) groups excluding carboxylic acids is 1. The van der Waals surface area contributed by atoms with Gasteiger partial charge in [-0.2, -0.15) is 0 Å². The van der Waals surface area contributed by atoms with Crippen LogP contribution in [0.25, 0.3) is 11.0 Å². The normalized spacial score (nSPS) is 11.2. The number of benzene rings is 1. The molecule has 0 aliphatic heterocycles. The van der Waals surface area contributed by atoms with Gasteiger partial charge in [0.15, 0.2) is 5.75 Å². The van der Waals surface area contributed by atoms with E-state index >= 15 is 0 Å². The molecule has 0 saturated heterocycles. The van der Waals surface area contributed by atoms with E-state index in [-0.39, 0.29) is 28.6 Å². The zero-order chi connectivity index (χ0) is 23.9. The van der Waals surface area contributed by atoms with Crippen molar-refractivity contribution in [3.05, 3.63) is 34.2 Å². The monoisotopic (exact) mass is 458 g/mol. The van der Waals surface area contributed by atoms with Gasteiger partial charge in [0.25, 0.3) is 0 Å². The summed E-state index contributed by atoms with van der Waals surface area (Å²) >= 11 is 0. The first-order valence-corrected chi connectivity index (χ1v) is 13.0. The summed E-state index contributed by atoms with van der Waals surface area (Å²) < 4.78 is 10.7. The third kappa shape index (κ3) is 10.0. The summed E-state index contributed by atoms with van der Waals surface area (Å²) in [6.45, 7) is 3.84. The summed E-state index contributed by atoms with van der Waals surface area (Å²) in [6, 6.07) is 4.42. The van der Waals surface area contributed by atoms with E-state index in [0.29, 0.717) is 11.8 Å². The standard InChI is InChI=1S/C28H42O5/c1-3-4-5-6-7-8-9-10-11-12-13-14-15-16-17-18-26(30)33-27-22(2)28(31)32-25-21-23(29)19-20-24(25)27/h19-21,29H,3-18H2,1-2H3. The van der Waals surface area contributed by atoms with Crippen LogP contribution in [0.5, 0.6) is 11.5 Å². The average Bonchev–Trinajstić information content (AvgIpc) is 2.79. The molecule has 5 heteroatoms. The van der Waals surface area contributed by atoms with Crippen LogP contribution < -0.4 is 10.4 Å². The molecule has 0 amide bonds. The van der Waals surface area contributed by atoms with E-state index < -0.39 is 5.63 Å². The van der Waals surface area contributed by atoms with Gasteiger partial charge in [-0.25, -0.2) is 4.79 Å². The molecule has 0 unspecified atom stereocenters. The predicted molar refractivity (Wildman–Crippen MR) is 134 cm³/mol. The van der Waals surface area contributed by atoms with Gasteiger partial charge in [-0.3, -0.25) is 4.79 Å². The molecular formula is C28H42O5. The molecular weight excluding hydrogens is 416 g/mol. The molecule has 0 fully saturated rings. The Morgan fingerprint density at radius 2 is 1.36 bits per heavy atom. The van der Waals surface area contributed by atoms with Crippen molar-refractivity contribution in [3.63, 3.8) is 0 Å². The summed E-state index contributed by atoms with van der Waals surface area (Å²) in [4.78, 5) is 24.3. The Labute approximate surface area is 198 Å². The number of carbonyl (C=O) groups is 1. The fourth-order valence-corrected chi connectivity index (χ4v) is 4.19. The quantitative estimate of drug-likeness (QED) is 0.148. The molecule has 0 bridgehead atoms. The number of unbranched alkanes of at least 4 members (excludes halogenated alkanes) is 14. The van der Waals surface area contributed by atoms with Gasteiger partial charge in [0.2, 0.25) is 0 Å². The summed E-state index contributed by atoms with van der Waals surface area (Å²) in [5, 5.41) is 10.1. The highest BCUT2D eigenvalue weighted by Crippen LogP contribution is 2.30. The molecule has 184 valence electrons. The van der Waals surface area contributed by atoms with E-state index in [9.17, 15) is 14.7 Å². The van der Waals surface area contributed by atoms with Crippen molar-refractivity contribution in [1.29, 1.82) is 0 Å². The Morgan fingerprint density at radius 3 is 1.91 bits per heavy atom. The summed E-state index contributed by atoms with van der Waals surface area (Å²) in [5.41, 5.74) is -0.0960. The van der Waals surface area contributed by atoms with E-state index in [2.05, 4.69) is 6.92 Å². The van der Waals surface area contributed by atoms with Crippen LogP contribution in [-0.4, -0.2) is 11.1 Å². The largest absolute Gasteiger partial charge is 0.508 e. The summed E-state index contributed by atoms with van der Waals surface area (Å²) in [5.74, 6) is -0.121. The Bertz CT molecular complexity index is 899. The fraction of sp³-hybridized carbons (Fsp3) is 0.643. The van der Waals surface area contributed by atoms with Gasteiger partial charge in [0.1, 0.15) is 11.3 Å². The molecule has 1 N–H and O–H groups in total. The molecule has 1 heterocycles. The maximum absolute atomic E-state index is 12.3. The first-order valence-electron chi connectivity index (χ1n) is 13.0. The van der Waals surface area contributed by atoms with E-state index in [1.54, 1.807) is 13.0 Å². The lowest BCUT2D eigenvalue weighted by molar-refractivity contribution is -0.134. The topological polar surface area (TPSA) is 76.7 Å². The van der Waals surface area contributed by atoms with Crippen LogP contribution in [0.1, 0.15) is 115 Å². The van der Waals surface area contributed by atoms with Crippen LogP contribution in [0, 0.1) is 6.92 Å². The van der Waals surface area contributed by atoms with Crippen LogP contribution in [0.4, 0.5) is 0 Å². The molecule has 0 radical (unpaired) electrons. The molecule has 5 nitrogen and oxygen atoms in total. The van der Waals surface area contributed by atoms with Crippen LogP contribution in [0.3, 0.4) is 0 Å². The maximum atomic E-state index is 12.3. The van der Waals surface area contributed by atoms with Crippen molar-refractivity contribution >= 4 is 16.9 Å². The third-order valence-electron chi connectivity index (χ3n) is 6.26. The second kappa shape index (κ2) is 15.5. The highest BCUT2D eigenvalue weighted by Gasteiger charge is 2.16. The average molecular weight is 459 g/mol. The van der Waals surface area contributed by atoms with Gasteiger partial charge in [-0.1, -0.05) is 96.8 Å². The second-order valence-electron chi connectivity index (χ2n) is 9.20. The van der Waals surface area contributed by atoms with E-state index in [0.717, 1.165) is 19.3 Å². The van der Waals surface area contributed by atoms with Crippen molar-refractivity contribution in [2.24, 2.45) is 0 Å². The Morgan fingerprint density at radius 1 is 0.848 bits per heavy atom. The molecule has 1 aromatic carbocycles. The predicted octanol–water partition coefficient (Wildman–Crippen LogP) is 7.97. The molecule has 2 rings (SSSR count). The zero-order valence-electron chi connectivity index (χ0n) is 20.6. The lowest BCUT2D eigenvalue weighted by atomic mass is 10.0. The van der Waals surface area contributed by atoms with Crippen LogP contribution in [0.2, 0.25) is 0 Å². The van der Waals surface area contributed by atoms with Crippen molar-refractivity contribution in [3.8, 4) is 11.5 Å². The minimum absolute atomic E-state index is 0.00964. The number of fused-ring (bicyclic) bond motifs is 1. The third-order valence-corrected chi connectivity index (χ3v) is 6.26. The number of phenolic OH excluding ortho intramolecular Hbond substituents is 1. The maximum Gasteiger partial charge on any atom is 0.342 e. The summed E-state index contributed by atoms with van der Waals surface area (Å²) in [7, 11) is 0. The van der Waals surface area contributed by atoms with Gasteiger partial charge in [0.05, 0.1) is 10.9 Å². The van der Waals surface area contributed by atoms with Crippen LogP contribution in [-0.2, 0) is 4.79 Å². The SMILES string of the molecule is CCCCCCCCCCCCCCCCCC(=O)Oc1c(C)c(=O)oc2cc(O)ccc12. The molecule has 0 spiro atoms. The van der Waals surface area contributed by atoms with Gasteiger partial charge < -0.3 is 14.3 Å². The highest BCUT2D eigenvalue weighted by molar-refractivity contribution is 5.88. The zero-order valence-corrected chi connectivity index (χ0v) is 20.6. The number of ether oxygens (including phenoxy) is 1. The molecule has 0 saturated carbocycles. The van der Waals surface area contributed by atoms with Gasteiger partial charge in [-0.05, 0) is 25.5 Å². The van der Waals surface area contributed by atoms with Gasteiger partial charge in [0, 0.05) is 12.5 Å². The Hall–Kier alpha value is -2.30. The van der Waals surface area contributed by atoms with Crippen LogP contribution >= 0.6 is 0 Å². The minimum Gasteiger partial charge on any atom is -0.508 e. The number of phenols is 1. The van der Waals surface area contributed by atoms with E-state index in [1.807, 2.05) is 0 Å². The van der Waals surface area contributed by atoms with Gasteiger partial charge >= 0.3 is 11.6 Å². The molecule has 0 atom stereocenters. The first kappa shape index (κ1) is 26.9. The second-order valence-corrected chi connectivity index (χ2v) is 9.20. The minimum atomic E-state index is -0.567. The number of hydrogen-bond acceptors (Lipinski definition) is 5. The lowest BCUT2D eigenvalue weighted by Gasteiger charge is -2.10. The summed E-state index contributed by atoms with van der Waals surface area (Å²) in [6.07, 6.45) is 19.5. The number of aromatic hydroxyl groups is 1. The molecule has 2 aromatic rings. The van der Waals surface area contributed by atoms with Crippen molar-refractivity contribution < 1.29 is 19.1 Å². The number of esters is 1. The van der Waals surface area contributed by atoms with E-state index in [4.69, 9.17) is 9.15 Å². The number of hydrogen-bond donors (Lipinski definition) is 1. The van der Waals surface area contributed by atoms with Crippen molar-refractivity contribution in [2.75, 3.05) is 0 Å². The fourth-order valence-electron chi connectivity index (χ4n) is 4.19. The highest BCUT2D eigenvalue weighted by atomic mass is 16.5. The van der Waals surface area contributed by atoms with Crippen LogP contribution in [0.15, 0.2) is 27.4 Å². The smallest absolute Gasteiger partial charge is 0.342 e. The number of rotatable bonds is 17. The molecule has 1 aromatic heterocycles. The Kier molecular flexibility index (Phi) is 12.7. The van der Waals surface area contributed by atoms with Crippen molar-refractivity contribution in [2.45, 2.75) is 117 Å². The Balaban J connectivity index is 1.55. The first-order chi connectivity index (χ1) is 16.0. The lowest BCUT2D eigenvalue weighted by Crippen LogP contribution is -2.13. The van der Waals surface area contributed by atoms with Crippen molar-refractivity contribution in [1.82, 2.24) is 0 Å². The van der Waals surface area contributed by atoms with E-state index in [1.165, 1.54) is 89.2 Å². The molecule has 0 aliphatic carbocycles.